The Morgan fingerprint density at radius 1 is 1.29 bits per heavy atom. The summed E-state index contributed by atoms with van der Waals surface area (Å²) >= 11 is 0. The van der Waals surface area contributed by atoms with Crippen molar-refractivity contribution in [2.75, 3.05) is 0 Å². The van der Waals surface area contributed by atoms with E-state index in [4.69, 9.17) is 0 Å². The Labute approximate surface area is 123 Å². The molecule has 21 heavy (non-hydrogen) atoms. The molecule has 2 unspecified atom stereocenters. The van der Waals surface area contributed by atoms with Gasteiger partial charge in [-0.05, 0) is 24.1 Å². The third-order valence-electron chi connectivity index (χ3n) is 4.34. The maximum atomic E-state index is 13.2. The van der Waals surface area contributed by atoms with Crippen LogP contribution in [0.2, 0.25) is 0 Å². The van der Waals surface area contributed by atoms with Gasteiger partial charge in [0.15, 0.2) is 0 Å². The predicted molar refractivity (Wildman–Crippen MR) is 78.1 cm³/mol. The van der Waals surface area contributed by atoms with E-state index in [1.54, 1.807) is 6.07 Å². The molecule has 0 aliphatic carbocycles. The number of nitrogens with one attached hydrogen (secondary N) is 1. The number of hydrogen-bond donors (Lipinski definition) is 1. The zero-order chi connectivity index (χ0) is 14.9. The van der Waals surface area contributed by atoms with Crippen molar-refractivity contribution in [1.82, 2.24) is 10.3 Å². The van der Waals surface area contributed by atoms with Crippen molar-refractivity contribution in [1.29, 1.82) is 0 Å². The number of carbonyl (C=O) groups is 1. The van der Waals surface area contributed by atoms with Gasteiger partial charge in [-0.2, -0.15) is 0 Å². The van der Waals surface area contributed by atoms with Crippen molar-refractivity contribution in [2.24, 2.45) is 0 Å². The number of pyridine rings is 1. The highest BCUT2D eigenvalue weighted by atomic mass is 19.1. The van der Waals surface area contributed by atoms with Gasteiger partial charge in [-0.3, -0.25) is 9.78 Å². The fourth-order valence-corrected chi connectivity index (χ4v) is 3.21. The van der Waals surface area contributed by atoms with E-state index in [9.17, 15) is 9.18 Å². The molecule has 0 saturated carbocycles. The van der Waals surface area contributed by atoms with E-state index in [-0.39, 0.29) is 17.8 Å². The van der Waals surface area contributed by atoms with Crippen LogP contribution in [0.4, 0.5) is 4.39 Å². The normalized spacial score (nSPS) is 24.9. The molecule has 3 rings (SSSR count). The number of aromatic nitrogens is 1. The summed E-state index contributed by atoms with van der Waals surface area (Å²) in [7, 11) is 0. The van der Waals surface area contributed by atoms with Crippen molar-refractivity contribution in [3.8, 4) is 0 Å². The summed E-state index contributed by atoms with van der Waals surface area (Å²) in [6.07, 6.45) is 2.35. The lowest BCUT2D eigenvalue weighted by Crippen LogP contribution is -2.33. The monoisotopic (exact) mass is 284 g/mol. The van der Waals surface area contributed by atoms with Crippen LogP contribution in [0, 0.1) is 5.82 Å². The molecule has 0 bridgehead atoms. The van der Waals surface area contributed by atoms with E-state index in [2.05, 4.69) is 10.3 Å². The quantitative estimate of drug-likeness (QED) is 0.941. The fraction of sp³-hybridized carbons (Fsp3) is 0.294. The molecule has 2 heterocycles. The number of rotatable bonds is 3. The van der Waals surface area contributed by atoms with Crippen LogP contribution < -0.4 is 5.32 Å². The molecule has 0 spiro atoms. The number of carbonyl (C=O) groups excluding carboxylic acids is 1. The summed E-state index contributed by atoms with van der Waals surface area (Å²) in [5.41, 5.74) is 1.39. The molecule has 4 heteroatoms. The molecule has 108 valence electrons. The van der Waals surface area contributed by atoms with Crippen LogP contribution in [-0.4, -0.2) is 10.9 Å². The largest absolute Gasteiger partial charge is 0.348 e. The molecule has 1 saturated heterocycles. The van der Waals surface area contributed by atoms with Crippen molar-refractivity contribution < 1.29 is 9.18 Å². The third kappa shape index (κ3) is 2.31. The Balaban J connectivity index is 2.09. The van der Waals surface area contributed by atoms with Gasteiger partial charge in [-0.25, -0.2) is 4.39 Å². The molecule has 2 atom stereocenters. The number of amides is 1. The molecule has 3 nitrogen and oxygen atoms in total. The molecule has 1 fully saturated rings. The molecule has 1 aliphatic rings. The number of halogens is 1. The summed E-state index contributed by atoms with van der Waals surface area (Å²) in [5, 5.41) is 3.05. The Morgan fingerprint density at radius 3 is 2.67 bits per heavy atom. The number of benzene rings is 1. The van der Waals surface area contributed by atoms with Gasteiger partial charge in [-0.1, -0.05) is 37.3 Å². The van der Waals surface area contributed by atoms with Crippen LogP contribution in [0.25, 0.3) is 0 Å². The van der Waals surface area contributed by atoms with Gasteiger partial charge in [-0.15, -0.1) is 0 Å². The second kappa shape index (κ2) is 5.28. The minimum absolute atomic E-state index is 0.0110. The summed E-state index contributed by atoms with van der Waals surface area (Å²) in [6, 6.07) is 12.8. The fourth-order valence-electron chi connectivity index (χ4n) is 3.21. The van der Waals surface area contributed by atoms with Crippen LogP contribution in [0.15, 0.2) is 48.7 Å². The Kier molecular flexibility index (Phi) is 3.45. The molecule has 1 aromatic heterocycles. The topological polar surface area (TPSA) is 42.0 Å². The van der Waals surface area contributed by atoms with E-state index in [0.29, 0.717) is 6.42 Å². The zero-order valence-electron chi connectivity index (χ0n) is 11.8. The lowest BCUT2D eigenvalue weighted by Gasteiger charge is -2.33. The second-order valence-electron chi connectivity index (χ2n) is 5.46. The SMILES string of the molecule is CCC1(c2ccc(F)cn2)CC(=O)NC1c1ccccc1. The van der Waals surface area contributed by atoms with Crippen molar-refractivity contribution in [3.63, 3.8) is 0 Å². The highest BCUT2D eigenvalue weighted by Crippen LogP contribution is 2.46. The van der Waals surface area contributed by atoms with Gasteiger partial charge in [0, 0.05) is 17.5 Å². The molecular weight excluding hydrogens is 267 g/mol. The Hall–Kier alpha value is -2.23. The van der Waals surface area contributed by atoms with E-state index in [1.807, 2.05) is 37.3 Å². The molecular formula is C17H17FN2O. The molecule has 0 radical (unpaired) electrons. The number of nitrogens with zero attached hydrogens (tertiary/aromatic N) is 1. The standard InChI is InChI=1S/C17H17FN2O/c1-2-17(14-9-8-13(18)11-19-14)10-15(21)20-16(17)12-6-4-3-5-7-12/h3-9,11,16H,2,10H2,1H3,(H,20,21). The van der Waals surface area contributed by atoms with Gasteiger partial charge in [0.1, 0.15) is 5.82 Å². The molecule has 1 aliphatic heterocycles. The highest BCUT2D eigenvalue weighted by Gasteiger charge is 2.48. The van der Waals surface area contributed by atoms with Crippen molar-refractivity contribution in [2.45, 2.75) is 31.2 Å². The first kappa shape index (κ1) is 13.7. The van der Waals surface area contributed by atoms with Crippen LogP contribution in [0.5, 0.6) is 0 Å². The van der Waals surface area contributed by atoms with Gasteiger partial charge in [0.05, 0.1) is 12.2 Å². The van der Waals surface area contributed by atoms with Crippen molar-refractivity contribution in [3.05, 3.63) is 65.7 Å². The van der Waals surface area contributed by atoms with E-state index in [0.717, 1.165) is 17.7 Å². The lowest BCUT2D eigenvalue weighted by molar-refractivity contribution is -0.119. The molecule has 1 amide bonds. The smallest absolute Gasteiger partial charge is 0.221 e. The van der Waals surface area contributed by atoms with E-state index >= 15 is 0 Å². The minimum Gasteiger partial charge on any atom is -0.348 e. The molecule has 2 aromatic rings. The van der Waals surface area contributed by atoms with Gasteiger partial charge >= 0.3 is 0 Å². The Bertz CT molecular complexity index is 642. The Morgan fingerprint density at radius 2 is 2.05 bits per heavy atom. The zero-order valence-corrected chi connectivity index (χ0v) is 11.8. The first-order valence-electron chi connectivity index (χ1n) is 7.12. The lowest BCUT2D eigenvalue weighted by atomic mass is 9.72. The molecule has 1 aromatic carbocycles. The van der Waals surface area contributed by atoms with E-state index < -0.39 is 5.41 Å². The minimum atomic E-state index is -0.424. The summed E-state index contributed by atoms with van der Waals surface area (Å²) in [6.45, 7) is 2.04. The first-order chi connectivity index (χ1) is 10.2. The number of hydrogen-bond acceptors (Lipinski definition) is 2. The average Bonchev–Trinajstić information content (AvgIpc) is 2.87. The predicted octanol–water partition coefficient (Wildman–Crippen LogP) is 3.13. The van der Waals surface area contributed by atoms with Crippen LogP contribution in [0.1, 0.15) is 37.1 Å². The van der Waals surface area contributed by atoms with Crippen LogP contribution >= 0.6 is 0 Å². The van der Waals surface area contributed by atoms with Gasteiger partial charge in [0.25, 0.3) is 0 Å². The van der Waals surface area contributed by atoms with Gasteiger partial charge in [0.2, 0.25) is 5.91 Å². The summed E-state index contributed by atoms with van der Waals surface area (Å²) in [5.74, 6) is -0.352. The van der Waals surface area contributed by atoms with Crippen LogP contribution in [-0.2, 0) is 10.2 Å². The maximum absolute atomic E-state index is 13.2. The van der Waals surface area contributed by atoms with Gasteiger partial charge < -0.3 is 5.32 Å². The summed E-state index contributed by atoms with van der Waals surface area (Å²) < 4.78 is 13.2. The second-order valence-corrected chi connectivity index (χ2v) is 5.46. The molecule has 1 N–H and O–H groups in total. The first-order valence-corrected chi connectivity index (χ1v) is 7.12. The average molecular weight is 284 g/mol. The third-order valence-corrected chi connectivity index (χ3v) is 4.34. The highest BCUT2D eigenvalue weighted by molar-refractivity contribution is 5.81. The maximum Gasteiger partial charge on any atom is 0.221 e. The van der Waals surface area contributed by atoms with E-state index in [1.165, 1.54) is 12.3 Å². The summed E-state index contributed by atoms with van der Waals surface area (Å²) in [4.78, 5) is 16.3. The van der Waals surface area contributed by atoms with Crippen LogP contribution in [0.3, 0.4) is 0 Å². The van der Waals surface area contributed by atoms with Crippen molar-refractivity contribution >= 4 is 5.91 Å².